The summed E-state index contributed by atoms with van der Waals surface area (Å²) in [4.78, 5) is 17.7. The Kier molecular flexibility index (Phi) is 4.22. The molecule has 0 saturated carbocycles. The van der Waals surface area contributed by atoms with E-state index in [-0.39, 0.29) is 18.1 Å². The van der Waals surface area contributed by atoms with Gasteiger partial charge in [0.15, 0.2) is 0 Å². The molecule has 1 aliphatic heterocycles. The van der Waals surface area contributed by atoms with E-state index in [1.54, 1.807) is 0 Å². The molecular formula is C22H23N3O2. The third-order valence-electron chi connectivity index (χ3n) is 4.75. The Hall–Kier alpha value is -3.08. The lowest BCUT2D eigenvalue weighted by atomic mass is 9.94. The third kappa shape index (κ3) is 2.99. The van der Waals surface area contributed by atoms with Crippen LogP contribution in [0.1, 0.15) is 37.9 Å². The maximum Gasteiger partial charge on any atom is 0.338 e. The van der Waals surface area contributed by atoms with Crippen molar-refractivity contribution in [2.24, 2.45) is 0 Å². The number of fused-ring (bicyclic) bond motifs is 3. The molecule has 3 aromatic rings. The van der Waals surface area contributed by atoms with E-state index in [9.17, 15) is 4.79 Å². The van der Waals surface area contributed by atoms with E-state index >= 15 is 0 Å². The molecule has 2 heterocycles. The molecule has 1 atom stereocenters. The number of esters is 1. The summed E-state index contributed by atoms with van der Waals surface area (Å²) < 4.78 is 7.67. The van der Waals surface area contributed by atoms with E-state index < -0.39 is 0 Å². The molecule has 0 amide bonds. The van der Waals surface area contributed by atoms with Gasteiger partial charge in [-0.15, -0.1) is 0 Å². The van der Waals surface area contributed by atoms with Crippen LogP contribution in [0.2, 0.25) is 0 Å². The molecule has 27 heavy (non-hydrogen) atoms. The molecule has 4 rings (SSSR count). The van der Waals surface area contributed by atoms with Crippen molar-refractivity contribution in [1.82, 2.24) is 9.55 Å². The summed E-state index contributed by atoms with van der Waals surface area (Å²) in [7, 11) is 0. The molecule has 1 N–H and O–H groups in total. The summed E-state index contributed by atoms with van der Waals surface area (Å²) >= 11 is 0. The molecule has 0 bridgehead atoms. The van der Waals surface area contributed by atoms with Crippen molar-refractivity contribution >= 4 is 23.0 Å². The minimum Gasteiger partial charge on any atom is -0.459 e. The lowest BCUT2D eigenvalue weighted by Gasteiger charge is -2.30. The normalized spacial score (nSPS) is 16.4. The van der Waals surface area contributed by atoms with Gasteiger partial charge >= 0.3 is 5.97 Å². The van der Waals surface area contributed by atoms with Gasteiger partial charge in [-0.3, -0.25) is 4.57 Å². The lowest BCUT2D eigenvalue weighted by molar-refractivity contribution is -0.143. The Morgan fingerprint density at radius 2 is 1.93 bits per heavy atom. The largest absolute Gasteiger partial charge is 0.459 e. The zero-order valence-electron chi connectivity index (χ0n) is 16.0. The summed E-state index contributed by atoms with van der Waals surface area (Å²) in [6, 6.07) is 15.9. The first-order valence-electron chi connectivity index (χ1n) is 9.18. The van der Waals surface area contributed by atoms with Crippen molar-refractivity contribution in [1.29, 1.82) is 0 Å². The van der Waals surface area contributed by atoms with Crippen LogP contribution in [0.4, 0.5) is 5.95 Å². The van der Waals surface area contributed by atoms with Gasteiger partial charge in [-0.05, 0) is 45.4 Å². The van der Waals surface area contributed by atoms with Crippen molar-refractivity contribution in [3.8, 4) is 0 Å². The van der Waals surface area contributed by atoms with Crippen LogP contribution >= 0.6 is 0 Å². The van der Waals surface area contributed by atoms with Gasteiger partial charge in [-0.1, -0.05) is 42.0 Å². The Balaban J connectivity index is 1.97. The van der Waals surface area contributed by atoms with Gasteiger partial charge in [0.05, 0.1) is 28.8 Å². The number of nitrogens with zero attached hydrogens (tertiary/aromatic N) is 2. The summed E-state index contributed by atoms with van der Waals surface area (Å²) in [6.45, 7) is 7.69. The fraction of sp³-hybridized carbons (Fsp3) is 0.273. The molecule has 0 radical (unpaired) electrons. The minimum absolute atomic E-state index is 0.183. The zero-order valence-corrected chi connectivity index (χ0v) is 16.0. The summed E-state index contributed by atoms with van der Waals surface area (Å²) in [6.07, 6.45) is -0.183. The molecule has 5 nitrogen and oxygen atoms in total. The lowest BCUT2D eigenvalue weighted by Crippen LogP contribution is -2.30. The number of nitrogens with one attached hydrogen (secondary N) is 1. The predicted octanol–water partition coefficient (Wildman–Crippen LogP) is 4.59. The second-order valence-corrected chi connectivity index (χ2v) is 7.23. The average Bonchev–Trinajstić information content (AvgIpc) is 2.97. The monoisotopic (exact) mass is 361 g/mol. The van der Waals surface area contributed by atoms with Crippen LogP contribution in [0.5, 0.6) is 0 Å². The maximum atomic E-state index is 13.0. The quantitative estimate of drug-likeness (QED) is 0.694. The van der Waals surface area contributed by atoms with Crippen LogP contribution in [0.25, 0.3) is 11.0 Å². The fourth-order valence-corrected chi connectivity index (χ4v) is 3.66. The van der Waals surface area contributed by atoms with Crippen molar-refractivity contribution in [2.45, 2.75) is 39.8 Å². The number of allylic oxidation sites excluding steroid dienone is 1. The second kappa shape index (κ2) is 6.58. The number of benzene rings is 2. The number of aromatic nitrogens is 2. The Morgan fingerprint density at radius 1 is 1.15 bits per heavy atom. The first-order chi connectivity index (χ1) is 13.0. The number of carbonyl (C=O) groups is 1. The van der Waals surface area contributed by atoms with E-state index in [4.69, 9.17) is 9.72 Å². The molecule has 0 unspecified atom stereocenters. The molecule has 138 valence electrons. The highest BCUT2D eigenvalue weighted by atomic mass is 16.5. The van der Waals surface area contributed by atoms with Crippen molar-refractivity contribution < 1.29 is 9.53 Å². The number of imidazole rings is 1. The number of aryl methyl sites for hydroxylation is 1. The van der Waals surface area contributed by atoms with Crippen LogP contribution in [-0.2, 0) is 9.53 Å². The van der Waals surface area contributed by atoms with Gasteiger partial charge < -0.3 is 10.1 Å². The molecule has 1 aliphatic rings. The topological polar surface area (TPSA) is 56.2 Å². The molecule has 2 aromatic carbocycles. The highest BCUT2D eigenvalue weighted by Crippen LogP contribution is 2.39. The van der Waals surface area contributed by atoms with Crippen LogP contribution in [0.15, 0.2) is 59.8 Å². The highest BCUT2D eigenvalue weighted by Gasteiger charge is 2.35. The van der Waals surface area contributed by atoms with Crippen molar-refractivity contribution in [2.75, 3.05) is 5.32 Å². The van der Waals surface area contributed by atoms with Crippen LogP contribution in [0.3, 0.4) is 0 Å². The second-order valence-electron chi connectivity index (χ2n) is 7.23. The maximum absolute atomic E-state index is 13.0. The summed E-state index contributed by atoms with van der Waals surface area (Å²) in [5, 5.41) is 3.30. The zero-order chi connectivity index (χ0) is 19.1. The van der Waals surface area contributed by atoms with E-state index in [1.807, 2.05) is 51.1 Å². The molecule has 5 heteroatoms. The van der Waals surface area contributed by atoms with E-state index in [2.05, 4.69) is 35.0 Å². The standard InChI is InChI=1S/C22H23N3O2/c1-13(2)27-21(26)19-15(4)23-22-24-17-10-5-6-11-18(17)25(22)20(19)16-9-7-8-14(3)12-16/h5-13,20H,1-4H3,(H,23,24)/t20-/m1/s1. The summed E-state index contributed by atoms with van der Waals surface area (Å²) in [5.41, 5.74) is 5.44. The first-order valence-corrected chi connectivity index (χ1v) is 9.18. The molecule has 0 aliphatic carbocycles. The van der Waals surface area contributed by atoms with Crippen molar-refractivity contribution in [3.63, 3.8) is 0 Å². The smallest absolute Gasteiger partial charge is 0.338 e. The van der Waals surface area contributed by atoms with E-state index in [1.165, 1.54) is 0 Å². The minimum atomic E-state index is -0.301. The molecule has 0 spiro atoms. The fourth-order valence-electron chi connectivity index (χ4n) is 3.66. The predicted molar refractivity (Wildman–Crippen MR) is 107 cm³/mol. The van der Waals surface area contributed by atoms with Crippen LogP contribution in [-0.4, -0.2) is 21.6 Å². The Labute approximate surface area is 158 Å². The van der Waals surface area contributed by atoms with Gasteiger partial charge in [0.25, 0.3) is 0 Å². The van der Waals surface area contributed by atoms with E-state index in [0.717, 1.165) is 33.8 Å². The molecule has 0 saturated heterocycles. The van der Waals surface area contributed by atoms with E-state index in [0.29, 0.717) is 5.57 Å². The number of hydrogen-bond donors (Lipinski definition) is 1. The number of anilines is 1. The van der Waals surface area contributed by atoms with Gasteiger partial charge in [0.2, 0.25) is 5.95 Å². The Bertz CT molecular complexity index is 1060. The third-order valence-corrected chi connectivity index (χ3v) is 4.75. The SMILES string of the molecule is CC1=C(C(=O)OC(C)C)[C@@H](c2cccc(C)c2)n2c(nc3ccccc32)N1. The Morgan fingerprint density at radius 3 is 2.67 bits per heavy atom. The van der Waals surface area contributed by atoms with Gasteiger partial charge in [-0.25, -0.2) is 9.78 Å². The number of para-hydroxylation sites is 2. The highest BCUT2D eigenvalue weighted by molar-refractivity contribution is 5.94. The number of hydrogen-bond acceptors (Lipinski definition) is 4. The van der Waals surface area contributed by atoms with Crippen LogP contribution < -0.4 is 5.32 Å². The molecule has 0 fully saturated rings. The van der Waals surface area contributed by atoms with Gasteiger partial charge in [0, 0.05) is 5.70 Å². The number of carbonyl (C=O) groups excluding carboxylic acids is 1. The van der Waals surface area contributed by atoms with Crippen LogP contribution in [0, 0.1) is 6.92 Å². The number of ether oxygens (including phenoxy) is 1. The average molecular weight is 361 g/mol. The molecule has 1 aromatic heterocycles. The molecular weight excluding hydrogens is 338 g/mol. The first kappa shape index (κ1) is 17.3. The van der Waals surface area contributed by atoms with Gasteiger partial charge in [0.1, 0.15) is 0 Å². The number of rotatable bonds is 3. The summed E-state index contributed by atoms with van der Waals surface area (Å²) in [5.74, 6) is 0.436. The van der Waals surface area contributed by atoms with Crippen molar-refractivity contribution in [3.05, 3.63) is 70.9 Å². The van der Waals surface area contributed by atoms with Gasteiger partial charge in [-0.2, -0.15) is 0 Å².